The maximum absolute atomic E-state index is 13.3. The molecule has 1 saturated heterocycles. The molecule has 1 aromatic carbocycles. The standard InChI is InChI=1S/C22H29FN6/c1-3-26(4-2)11-12-27-13-15-28(16-14-27)21-9-10-24-22-20(17-25-29(21)22)18-5-7-19(23)8-6-18/h5-10,17H,3-4,11-16H2,1-2H3. The molecule has 1 aliphatic heterocycles. The Labute approximate surface area is 171 Å². The monoisotopic (exact) mass is 396 g/mol. The topological polar surface area (TPSA) is 39.9 Å². The normalized spacial score (nSPS) is 15.5. The van der Waals surface area contributed by atoms with Crippen LogP contribution in [0.5, 0.6) is 0 Å². The van der Waals surface area contributed by atoms with Crippen LogP contribution in [-0.2, 0) is 0 Å². The molecule has 0 atom stereocenters. The van der Waals surface area contributed by atoms with E-state index in [4.69, 9.17) is 0 Å². The average molecular weight is 397 g/mol. The van der Waals surface area contributed by atoms with Crippen LogP contribution < -0.4 is 4.90 Å². The number of rotatable bonds is 7. The second-order valence-corrected chi connectivity index (χ2v) is 7.46. The number of likely N-dealkylation sites (N-methyl/N-ethyl adjacent to an activating group) is 1. The van der Waals surface area contributed by atoms with Crippen LogP contribution in [0.1, 0.15) is 13.8 Å². The van der Waals surface area contributed by atoms with Gasteiger partial charge >= 0.3 is 0 Å². The van der Waals surface area contributed by atoms with E-state index < -0.39 is 0 Å². The lowest BCUT2D eigenvalue weighted by Gasteiger charge is -2.36. The Morgan fingerprint density at radius 2 is 1.72 bits per heavy atom. The van der Waals surface area contributed by atoms with Gasteiger partial charge in [0.05, 0.1) is 6.20 Å². The first-order valence-electron chi connectivity index (χ1n) is 10.5. The Morgan fingerprint density at radius 3 is 2.41 bits per heavy atom. The van der Waals surface area contributed by atoms with E-state index >= 15 is 0 Å². The fraction of sp³-hybridized carbons (Fsp3) is 0.455. The summed E-state index contributed by atoms with van der Waals surface area (Å²) in [5.74, 6) is 0.824. The highest BCUT2D eigenvalue weighted by atomic mass is 19.1. The van der Waals surface area contributed by atoms with Crippen molar-refractivity contribution in [2.45, 2.75) is 13.8 Å². The van der Waals surface area contributed by atoms with Crippen LogP contribution in [-0.4, -0.2) is 76.8 Å². The summed E-state index contributed by atoms with van der Waals surface area (Å²) in [6.07, 6.45) is 3.66. The Bertz CT molecular complexity index is 926. The van der Waals surface area contributed by atoms with Gasteiger partial charge in [0.25, 0.3) is 0 Å². The molecule has 3 aromatic rings. The zero-order valence-corrected chi connectivity index (χ0v) is 17.3. The van der Waals surface area contributed by atoms with Crippen LogP contribution in [0.3, 0.4) is 0 Å². The van der Waals surface area contributed by atoms with Crippen LogP contribution in [0, 0.1) is 5.82 Å². The molecule has 6 nitrogen and oxygen atoms in total. The molecule has 0 radical (unpaired) electrons. The van der Waals surface area contributed by atoms with Crippen molar-refractivity contribution in [3.8, 4) is 11.1 Å². The van der Waals surface area contributed by atoms with Gasteiger partial charge in [-0.1, -0.05) is 26.0 Å². The zero-order valence-electron chi connectivity index (χ0n) is 17.3. The quantitative estimate of drug-likeness (QED) is 0.614. The van der Waals surface area contributed by atoms with Gasteiger partial charge in [-0.2, -0.15) is 9.61 Å². The van der Waals surface area contributed by atoms with Crippen LogP contribution >= 0.6 is 0 Å². The number of fused-ring (bicyclic) bond motifs is 1. The number of nitrogens with zero attached hydrogens (tertiary/aromatic N) is 6. The lowest BCUT2D eigenvalue weighted by Crippen LogP contribution is -2.49. The molecule has 154 valence electrons. The van der Waals surface area contributed by atoms with Crippen molar-refractivity contribution in [3.05, 3.63) is 48.5 Å². The smallest absolute Gasteiger partial charge is 0.165 e. The molecule has 0 spiro atoms. The van der Waals surface area contributed by atoms with Gasteiger partial charge in [0.1, 0.15) is 11.6 Å². The van der Waals surface area contributed by atoms with Crippen molar-refractivity contribution in [3.63, 3.8) is 0 Å². The largest absolute Gasteiger partial charge is 0.354 e. The minimum Gasteiger partial charge on any atom is -0.354 e. The molecule has 7 heteroatoms. The van der Waals surface area contributed by atoms with E-state index in [0.717, 1.165) is 74.9 Å². The molecular weight excluding hydrogens is 367 g/mol. The molecule has 1 aliphatic rings. The van der Waals surface area contributed by atoms with Gasteiger partial charge in [-0.3, -0.25) is 4.90 Å². The minimum absolute atomic E-state index is 0.238. The zero-order chi connectivity index (χ0) is 20.2. The van der Waals surface area contributed by atoms with E-state index in [1.807, 2.05) is 23.0 Å². The van der Waals surface area contributed by atoms with Crippen LogP contribution in [0.4, 0.5) is 10.2 Å². The minimum atomic E-state index is -0.238. The Hall–Kier alpha value is -2.51. The summed E-state index contributed by atoms with van der Waals surface area (Å²) in [4.78, 5) is 11.9. The van der Waals surface area contributed by atoms with Crippen LogP contribution in [0.25, 0.3) is 16.8 Å². The Kier molecular flexibility index (Phi) is 6.06. The molecule has 1 fully saturated rings. The SMILES string of the molecule is CCN(CC)CCN1CCN(c2ccnc3c(-c4ccc(F)cc4)cnn23)CC1. The number of piperazine rings is 1. The highest BCUT2D eigenvalue weighted by molar-refractivity contribution is 5.77. The summed E-state index contributed by atoms with van der Waals surface area (Å²) in [6.45, 7) is 13.0. The second-order valence-electron chi connectivity index (χ2n) is 7.46. The second kappa shape index (κ2) is 8.88. The maximum Gasteiger partial charge on any atom is 0.165 e. The number of anilines is 1. The number of aromatic nitrogens is 3. The van der Waals surface area contributed by atoms with E-state index in [1.165, 1.54) is 12.1 Å². The van der Waals surface area contributed by atoms with Gasteiger partial charge in [-0.25, -0.2) is 9.37 Å². The van der Waals surface area contributed by atoms with Gasteiger partial charge in [0.15, 0.2) is 5.65 Å². The first-order valence-corrected chi connectivity index (χ1v) is 10.5. The van der Waals surface area contributed by atoms with E-state index in [-0.39, 0.29) is 5.82 Å². The summed E-state index contributed by atoms with van der Waals surface area (Å²) in [5, 5.41) is 4.59. The summed E-state index contributed by atoms with van der Waals surface area (Å²) in [5.41, 5.74) is 2.65. The third-order valence-electron chi connectivity index (χ3n) is 5.86. The fourth-order valence-electron chi connectivity index (χ4n) is 3.97. The van der Waals surface area contributed by atoms with Gasteiger partial charge in [0.2, 0.25) is 0 Å². The molecule has 3 heterocycles. The van der Waals surface area contributed by atoms with E-state index in [0.29, 0.717) is 0 Å². The number of hydrogen-bond acceptors (Lipinski definition) is 5. The van der Waals surface area contributed by atoms with E-state index in [9.17, 15) is 4.39 Å². The molecule has 0 N–H and O–H groups in total. The predicted molar refractivity (Wildman–Crippen MR) is 115 cm³/mol. The summed E-state index contributed by atoms with van der Waals surface area (Å²) in [7, 11) is 0. The van der Waals surface area contributed by atoms with Gasteiger partial charge in [-0.15, -0.1) is 0 Å². The number of hydrogen-bond donors (Lipinski definition) is 0. The first kappa shape index (κ1) is 19.8. The van der Waals surface area contributed by atoms with E-state index in [1.54, 1.807) is 12.1 Å². The third kappa shape index (κ3) is 4.26. The first-order chi connectivity index (χ1) is 14.2. The summed E-state index contributed by atoms with van der Waals surface area (Å²) in [6, 6.07) is 8.52. The lowest BCUT2D eigenvalue weighted by molar-refractivity contribution is 0.205. The Balaban J connectivity index is 1.47. The molecule has 0 unspecified atom stereocenters. The van der Waals surface area contributed by atoms with Crippen molar-refractivity contribution in [1.29, 1.82) is 0 Å². The summed E-state index contributed by atoms with van der Waals surface area (Å²) >= 11 is 0. The van der Waals surface area contributed by atoms with Crippen molar-refractivity contribution in [1.82, 2.24) is 24.4 Å². The Morgan fingerprint density at radius 1 is 1.00 bits per heavy atom. The number of benzene rings is 1. The van der Waals surface area contributed by atoms with Crippen LogP contribution in [0.15, 0.2) is 42.7 Å². The molecule has 29 heavy (non-hydrogen) atoms. The van der Waals surface area contributed by atoms with Crippen molar-refractivity contribution in [2.75, 3.05) is 57.3 Å². The van der Waals surface area contributed by atoms with Crippen molar-refractivity contribution in [2.24, 2.45) is 0 Å². The number of halogens is 1. The average Bonchev–Trinajstić information content (AvgIpc) is 3.20. The van der Waals surface area contributed by atoms with Crippen molar-refractivity contribution < 1.29 is 4.39 Å². The molecule has 0 amide bonds. The highest BCUT2D eigenvalue weighted by Crippen LogP contribution is 2.26. The third-order valence-corrected chi connectivity index (χ3v) is 5.86. The van der Waals surface area contributed by atoms with E-state index in [2.05, 4.69) is 38.6 Å². The molecule has 0 aliphatic carbocycles. The van der Waals surface area contributed by atoms with Crippen molar-refractivity contribution >= 4 is 11.5 Å². The molecule has 2 aromatic heterocycles. The summed E-state index contributed by atoms with van der Waals surface area (Å²) < 4.78 is 15.2. The predicted octanol–water partition coefficient (Wildman–Crippen LogP) is 3.00. The van der Waals surface area contributed by atoms with Gasteiger partial charge in [-0.05, 0) is 36.9 Å². The molecule has 0 saturated carbocycles. The molecular formula is C22H29FN6. The van der Waals surface area contributed by atoms with Gasteiger partial charge in [0, 0.05) is 51.0 Å². The lowest BCUT2D eigenvalue weighted by atomic mass is 10.1. The van der Waals surface area contributed by atoms with Gasteiger partial charge < -0.3 is 9.80 Å². The molecule has 4 rings (SSSR count). The highest BCUT2D eigenvalue weighted by Gasteiger charge is 2.20. The van der Waals surface area contributed by atoms with Crippen LogP contribution in [0.2, 0.25) is 0 Å². The maximum atomic E-state index is 13.3. The fourth-order valence-corrected chi connectivity index (χ4v) is 3.97. The molecule has 0 bridgehead atoms.